The smallest absolute Gasteiger partial charge is 0.364 e. The molecule has 1 heterocycles. The van der Waals surface area contributed by atoms with Crippen molar-refractivity contribution in [3.05, 3.63) is 0 Å². The summed E-state index contributed by atoms with van der Waals surface area (Å²) in [6.45, 7) is 19.9. The molecule has 0 aromatic carbocycles. The second kappa shape index (κ2) is 17.4. The van der Waals surface area contributed by atoms with Gasteiger partial charge in [-0.15, -0.1) is 0 Å². The number of fused-ring (bicyclic) bond motifs is 4. The third-order valence-electron chi connectivity index (χ3n) is 13.2. The van der Waals surface area contributed by atoms with E-state index in [1.807, 2.05) is 41.5 Å². The van der Waals surface area contributed by atoms with E-state index in [-0.39, 0.29) is 28.5 Å². The zero-order valence-electron chi connectivity index (χ0n) is 31.6. The second-order valence-corrected chi connectivity index (χ2v) is 17.0. The van der Waals surface area contributed by atoms with Crippen LogP contribution in [0.3, 0.4) is 0 Å². The van der Waals surface area contributed by atoms with Crippen LogP contribution in [0, 0.1) is 40.4 Å². The molecule has 7 N–H and O–H groups in total. The lowest BCUT2D eigenvalue weighted by atomic mass is 9.43. The number of hydrogen-bond donors (Lipinski definition) is 6. The van der Waals surface area contributed by atoms with Gasteiger partial charge in [0, 0.05) is 11.8 Å². The SMILES string of the molecule is CC.CC.CC(C)C(CCCC1CCC2C3CC[C@@]45OC4C(NCCCNCCCCN)C(O)(O)CC5(C)C3CCC12C)OS(=O)(=O)O. The number of hydrogen-bond acceptors (Lipinski definition) is 9. The lowest BCUT2D eigenvalue weighted by Gasteiger charge is -2.61. The van der Waals surface area contributed by atoms with Gasteiger partial charge in [-0.3, -0.25) is 4.55 Å². The molecule has 1 saturated heterocycles. The molecular weight excluding hydrogens is 630 g/mol. The number of ether oxygens (including phenoxy) is 1. The average Bonchev–Trinajstić information content (AvgIpc) is 3.66. The Morgan fingerprint density at radius 1 is 0.917 bits per heavy atom. The number of rotatable bonds is 16. The van der Waals surface area contributed by atoms with Crippen molar-refractivity contribution >= 4 is 10.4 Å². The first kappa shape index (κ1) is 42.0. The lowest BCUT2D eigenvalue weighted by Crippen LogP contribution is -2.68. The fourth-order valence-corrected chi connectivity index (χ4v) is 11.5. The highest BCUT2D eigenvalue weighted by Gasteiger charge is 2.80. The van der Waals surface area contributed by atoms with Crippen molar-refractivity contribution < 1.29 is 32.1 Å². The van der Waals surface area contributed by atoms with E-state index in [9.17, 15) is 23.2 Å². The summed E-state index contributed by atoms with van der Waals surface area (Å²) in [6.07, 6.45) is 12.0. The molecule has 4 aliphatic carbocycles. The topological polar surface area (TPSA) is 167 Å². The molecule has 5 fully saturated rings. The van der Waals surface area contributed by atoms with Crippen LogP contribution < -0.4 is 16.4 Å². The third kappa shape index (κ3) is 8.80. The van der Waals surface area contributed by atoms with Gasteiger partial charge in [-0.05, 0) is 132 Å². The molecular formula is C37H73N3O7S. The van der Waals surface area contributed by atoms with Gasteiger partial charge in [0.05, 0.1) is 12.1 Å². The highest BCUT2D eigenvalue weighted by atomic mass is 32.3. The van der Waals surface area contributed by atoms with E-state index in [4.69, 9.17) is 14.7 Å². The van der Waals surface area contributed by atoms with Crippen LogP contribution in [0.15, 0.2) is 0 Å². The van der Waals surface area contributed by atoms with Gasteiger partial charge < -0.3 is 31.3 Å². The van der Waals surface area contributed by atoms with E-state index < -0.39 is 28.3 Å². The molecule has 0 bridgehead atoms. The molecule has 4 saturated carbocycles. The van der Waals surface area contributed by atoms with E-state index in [0.29, 0.717) is 36.5 Å². The molecule has 5 rings (SSSR count). The summed E-state index contributed by atoms with van der Waals surface area (Å²) in [7, 11) is -4.46. The summed E-state index contributed by atoms with van der Waals surface area (Å²) in [5.41, 5.74) is 5.29. The van der Waals surface area contributed by atoms with Gasteiger partial charge in [0.2, 0.25) is 0 Å². The van der Waals surface area contributed by atoms with E-state index in [1.54, 1.807) is 0 Å². The molecule has 1 aliphatic heterocycles. The molecule has 10 atom stereocenters. The van der Waals surface area contributed by atoms with E-state index in [1.165, 1.54) is 12.8 Å². The Balaban J connectivity index is 0.00000151. The Hall–Kier alpha value is -0.370. The van der Waals surface area contributed by atoms with Crippen LogP contribution in [-0.4, -0.2) is 79.0 Å². The Labute approximate surface area is 293 Å². The van der Waals surface area contributed by atoms with Crippen LogP contribution >= 0.6 is 0 Å². The number of aliphatic hydroxyl groups is 2. The summed E-state index contributed by atoms with van der Waals surface area (Å²) >= 11 is 0. The quantitative estimate of drug-likeness (QED) is 0.0500. The molecule has 1 spiro atoms. The first-order valence-electron chi connectivity index (χ1n) is 19.6. The molecule has 0 amide bonds. The number of nitrogens with two attached hydrogens (primary N) is 1. The van der Waals surface area contributed by atoms with Gasteiger partial charge in [0.25, 0.3) is 0 Å². The van der Waals surface area contributed by atoms with Crippen molar-refractivity contribution in [2.45, 2.75) is 168 Å². The Kier molecular flexibility index (Phi) is 15.3. The number of nitrogens with one attached hydrogen (secondary N) is 2. The van der Waals surface area contributed by atoms with Gasteiger partial charge in [0.1, 0.15) is 11.7 Å². The Bertz CT molecular complexity index is 1090. The first-order chi connectivity index (χ1) is 22.7. The minimum absolute atomic E-state index is 0.00656. The monoisotopic (exact) mass is 704 g/mol. The standard InChI is InChI=1S/C33H61N3O7S.2C2H6/c1-22(2)27(43-44(39,40)41)10-7-9-23-11-12-25-24-13-16-32-29(42-32)28(36-20-8-19-35-18-6-5-17-34)33(37,38)21-31(32,4)26(24)14-15-30(23,25)3;2*1-2/h22-29,35-38H,5-21,34H2,1-4H3,(H,39,40,41);2*1-2H3/t23?,24?,25?,26?,27?,28?,29?,30?,31?,32-;;/m1../s1. The molecule has 284 valence electrons. The van der Waals surface area contributed by atoms with Gasteiger partial charge in [0.15, 0.2) is 5.79 Å². The molecule has 11 heteroatoms. The molecule has 0 aromatic rings. The highest BCUT2D eigenvalue weighted by Crippen LogP contribution is 2.74. The maximum Gasteiger partial charge on any atom is 0.397 e. The van der Waals surface area contributed by atoms with E-state index >= 15 is 0 Å². The van der Waals surface area contributed by atoms with Gasteiger partial charge >= 0.3 is 10.4 Å². The van der Waals surface area contributed by atoms with E-state index in [0.717, 1.165) is 84.0 Å². The maximum atomic E-state index is 11.5. The lowest BCUT2D eigenvalue weighted by molar-refractivity contribution is -0.242. The fraction of sp³-hybridized carbons (Fsp3) is 1.00. The fourth-order valence-electron chi connectivity index (χ4n) is 10.9. The van der Waals surface area contributed by atoms with Crippen molar-refractivity contribution in [2.24, 2.45) is 46.2 Å². The van der Waals surface area contributed by atoms with Crippen molar-refractivity contribution in [2.75, 3.05) is 26.2 Å². The zero-order chi connectivity index (χ0) is 36.0. The minimum Gasteiger partial charge on any atom is -0.364 e. The van der Waals surface area contributed by atoms with Crippen molar-refractivity contribution in [1.29, 1.82) is 0 Å². The summed E-state index contributed by atoms with van der Waals surface area (Å²) in [5, 5.41) is 29.9. The van der Waals surface area contributed by atoms with Crippen molar-refractivity contribution in [3.63, 3.8) is 0 Å². The minimum atomic E-state index is -4.46. The second-order valence-electron chi connectivity index (χ2n) is 15.9. The third-order valence-corrected chi connectivity index (χ3v) is 13.7. The molecule has 9 unspecified atom stereocenters. The predicted octanol–water partition coefficient (Wildman–Crippen LogP) is 5.81. The molecule has 5 aliphatic rings. The van der Waals surface area contributed by atoms with Gasteiger partial charge in [-0.1, -0.05) is 61.8 Å². The molecule has 10 nitrogen and oxygen atoms in total. The summed E-state index contributed by atoms with van der Waals surface area (Å²) in [4.78, 5) is 0. The maximum absolute atomic E-state index is 11.5. The van der Waals surface area contributed by atoms with Crippen LogP contribution in [0.5, 0.6) is 0 Å². The van der Waals surface area contributed by atoms with Crippen LogP contribution in [0.2, 0.25) is 0 Å². The van der Waals surface area contributed by atoms with Crippen molar-refractivity contribution in [1.82, 2.24) is 10.6 Å². The summed E-state index contributed by atoms with van der Waals surface area (Å²) in [5.74, 6) is 0.400. The summed E-state index contributed by atoms with van der Waals surface area (Å²) in [6, 6.07) is -0.464. The largest absolute Gasteiger partial charge is 0.397 e. The highest BCUT2D eigenvalue weighted by molar-refractivity contribution is 7.80. The van der Waals surface area contributed by atoms with Crippen molar-refractivity contribution in [3.8, 4) is 0 Å². The number of epoxide rings is 1. The predicted molar refractivity (Wildman–Crippen MR) is 193 cm³/mol. The van der Waals surface area contributed by atoms with Crippen LogP contribution in [0.1, 0.15) is 139 Å². The first-order valence-corrected chi connectivity index (χ1v) is 21.0. The molecule has 0 aromatic heterocycles. The van der Waals surface area contributed by atoms with Crippen LogP contribution in [-0.2, 0) is 19.3 Å². The summed E-state index contributed by atoms with van der Waals surface area (Å²) < 4.78 is 43.5. The van der Waals surface area contributed by atoms with Gasteiger partial charge in [-0.2, -0.15) is 8.42 Å². The Morgan fingerprint density at radius 3 is 2.25 bits per heavy atom. The number of unbranched alkanes of at least 4 members (excludes halogenated alkanes) is 1. The Morgan fingerprint density at radius 2 is 1.60 bits per heavy atom. The zero-order valence-corrected chi connectivity index (χ0v) is 32.4. The molecule has 0 radical (unpaired) electrons. The van der Waals surface area contributed by atoms with Gasteiger partial charge in [-0.25, -0.2) is 4.18 Å². The average molecular weight is 704 g/mol. The molecule has 48 heavy (non-hydrogen) atoms. The van der Waals surface area contributed by atoms with E-state index in [2.05, 4.69) is 24.5 Å². The van der Waals surface area contributed by atoms with Crippen LogP contribution in [0.25, 0.3) is 0 Å². The van der Waals surface area contributed by atoms with Crippen LogP contribution in [0.4, 0.5) is 0 Å². The normalized spacial score (nSPS) is 38.3.